The lowest BCUT2D eigenvalue weighted by molar-refractivity contribution is 0.306. The molecule has 0 unspecified atom stereocenters. The van der Waals surface area contributed by atoms with Gasteiger partial charge in [0.2, 0.25) is 0 Å². The van der Waals surface area contributed by atoms with E-state index in [0.29, 0.717) is 18.3 Å². The van der Waals surface area contributed by atoms with Crippen molar-refractivity contribution in [1.29, 1.82) is 0 Å². The highest BCUT2D eigenvalue weighted by Gasteiger charge is 2.06. The Bertz CT molecular complexity index is 675. The van der Waals surface area contributed by atoms with Gasteiger partial charge in [-0.3, -0.25) is 0 Å². The number of benzene rings is 2. The normalized spacial score (nSPS) is 10.4. The fourth-order valence-electron chi connectivity index (χ4n) is 1.85. The summed E-state index contributed by atoms with van der Waals surface area (Å²) in [7, 11) is 0. The Morgan fingerprint density at radius 1 is 1.00 bits per heavy atom. The van der Waals surface area contributed by atoms with Crippen LogP contribution in [0.1, 0.15) is 11.4 Å². The second-order valence-electron chi connectivity index (χ2n) is 4.45. The fourth-order valence-corrected chi connectivity index (χ4v) is 1.85. The van der Waals surface area contributed by atoms with Gasteiger partial charge in [-0.25, -0.2) is 0 Å². The van der Waals surface area contributed by atoms with Crippen LogP contribution < -0.4 is 4.74 Å². The molecule has 1 aromatic heterocycles. The van der Waals surface area contributed by atoms with Gasteiger partial charge in [0, 0.05) is 5.56 Å². The molecule has 0 aliphatic carbocycles. The molecule has 0 radical (unpaired) electrons. The average molecular weight is 266 g/mol. The Morgan fingerprint density at radius 3 is 2.40 bits per heavy atom. The van der Waals surface area contributed by atoms with Crippen molar-refractivity contribution in [3.8, 4) is 17.2 Å². The highest BCUT2D eigenvalue weighted by Crippen LogP contribution is 2.21. The highest BCUT2D eigenvalue weighted by molar-refractivity contribution is 5.54. The molecule has 20 heavy (non-hydrogen) atoms. The monoisotopic (exact) mass is 266 g/mol. The van der Waals surface area contributed by atoms with E-state index in [4.69, 9.17) is 9.26 Å². The maximum atomic E-state index is 5.72. The van der Waals surface area contributed by atoms with Crippen LogP contribution in [0.15, 0.2) is 59.1 Å². The van der Waals surface area contributed by atoms with Crippen molar-refractivity contribution in [3.63, 3.8) is 0 Å². The number of hydrogen-bond donors (Lipinski definition) is 0. The molecule has 0 bridgehead atoms. The maximum absolute atomic E-state index is 5.72. The van der Waals surface area contributed by atoms with Gasteiger partial charge in [-0.1, -0.05) is 35.5 Å². The van der Waals surface area contributed by atoms with E-state index in [9.17, 15) is 0 Å². The Labute approximate surface area is 117 Å². The van der Waals surface area contributed by atoms with Crippen LogP contribution in [0.3, 0.4) is 0 Å². The van der Waals surface area contributed by atoms with Gasteiger partial charge in [0.1, 0.15) is 12.4 Å². The first kappa shape index (κ1) is 12.4. The average Bonchev–Trinajstić information content (AvgIpc) is 2.93. The van der Waals surface area contributed by atoms with Crippen molar-refractivity contribution in [2.75, 3.05) is 0 Å². The van der Waals surface area contributed by atoms with Crippen molar-refractivity contribution < 1.29 is 9.26 Å². The van der Waals surface area contributed by atoms with E-state index in [2.05, 4.69) is 10.1 Å². The summed E-state index contributed by atoms with van der Waals surface area (Å²) in [5, 5.41) is 3.77. The molecular formula is C16H14N2O2. The molecule has 0 aliphatic rings. The van der Waals surface area contributed by atoms with E-state index in [1.54, 1.807) is 6.92 Å². The van der Waals surface area contributed by atoms with Crippen LogP contribution >= 0.6 is 0 Å². The number of ether oxygens (including phenoxy) is 1. The first-order valence-corrected chi connectivity index (χ1v) is 6.39. The summed E-state index contributed by atoms with van der Waals surface area (Å²) >= 11 is 0. The predicted octanol–water partition coefficient (Wildman–Crippen LogP) is 3.62. The molecule has 0 aliphatic heterocycles. The number of nitrogens with zero attached hydrogens (tertiary/aromatic N) is 2. The van der Waals surface area contributed by atoms with Gasteiger partial charge in [0.25, 0.3) is 5.89 Å². The van der Waals surface area contributed by atoms with E-state index in [1.165, 1.54) is 0 Å². The lowest BCUT2D eigenvalue weighted by atomic mass is 10.2. The highest BCUT2D eigenvalue weighted by atomic mass is 16.5. The van der Waals surface area contributed by atoms with Crippen molar-refractivity contribution >= 4 is 0 Å². The van der Waals surface area contributed by atoms with E-state index >= 15 is 0 Å². The third kappa shape index (κ3) is 2.85. The molecule has 0 fully saturated rings. The second-order valence-corrected chi connectivity index (χ2v) is 4.45. The van der Waals surface area contributed by atoms with Gasteiger partial charge in [-0.15, -0.1) is 0 Å². The van der Waals surface area contributed by atoms with E-state index in [1.807, 2.05) is 54.6 Å². The minimum absolute atomic E-state index is 0.525. The van der Waals surface area contributed by atoms with Crippen LogP contribution in [-0.4, -0.2) is 10.1 Å². The van der Waals surface area contributed by atoms with E-state index in [-0.39, 0.29) is 0 Å². The summed E-state index contributed by atoms with van der Waals surface area (Å²) in [5.74, 6) is 1.97. The molecule has 0 N–H and O–H groups in total. The van der Waals surface area contributed by atoms with Crippen LogP contribution in [0, 0.1) is 6.92 Å². The lowest BCUT2D eigenvalue weighted by Crippen LogP contribution is -1.94. The molecule has 4 nitrogen and oxygen atoms in total. The fraction of sp³-hybridized carbons (Fsp3) is 0.125. The minimum atomic E-state index is 0.525. The number of aromatic nitrogens is 2. The standard InChI is InChI=1S/C16H14N2O2/c1-12-17-16(20-18-12)14-7-9-15(10-8-14)19-11-13-5-3-2-4-6-13/h2-10H,11H2,1H3. The first-order chi connectivity index (χ1) is 9.81. The van der Waals surface area contributed by atoms with Gasteiger partial charge in [0.05, 0.1) is 0 Å². The van der Waals surface area contributed by atoms with Crippen LogP contribution in [0.5, 0.6) is 5.75 Å². The first-order valence-electron chi connectivity index (χ1n) is 6.39. The zero-order chi connectivity index (χ0) is 13.8. The molecule has 0 amide bonds. The summed E-state index contributed by atoms with van der Waals surface area (Å²) < 4.78 is 10.8. The van der Waals surface area contributed by atoms with Crippen molar-refractivity contribution in [3.05, 3.63) is 66.0 Å². The molecule has 0 atom stereocenters. The Kier molecular flexibility index (Phi) is 3.46. The maximum Gasteiger partial charge on any atom is 0.257 e. The molecular weight excluding hydrogens is 252 g/mol. The van der Waals surface area contributed by atoms with Gasteiger partial charge >= 0.3 is 0 Å². The summed E-state index contributed by atoms with van der Waals surface area (Å²) in [4.78, 5) is 4.19. The molecule has 4 heteroatoms. The largest absolute Gasteiger partial charge is 0.489 e. The third-order valence-electron chi connectivity index (χ3n) is 2.88. The molecule has 3 rings (SSSR count). The van der Waals surface area contributed by atoms with Gasteiger partial charge < -0.3 is 9.26 Å². The lowest BCUT2D eigenvalue weighted by Gasteiger charge is -2.06. The third-order valence-corrected chi connectivity index (χ3v) is 2.88. The minimum Gasteiger partial charge on any atom is -0.489 e. The SMILES string of the molecule is Cc1noc(-c2ccc(OCc3ccccc3)cc2)n1. The Morgan fingerprint density at radius 2 is 1.75 bits per heavy atom. The zero-order valence-electron chi connectivity index (χ0n) is 11.1. The van der Waals surface area contributed by atoms with Crippen LogP contribution in [0.2, 0.25) is 0 Å². The zero-order valence-corrected chi connectivity index (χ0v) is 11.1. The van der Waals surface area contributed by atoms with Gasteiger partial charge in [0.15, 0.2) is 5.82 Å². The summed E-state index contributed by atoms with van der Waals surface area (Å²) in [6.45, 7) is 2.35. The predicted molar refractivity (Wildman–Crippen MR) is 75.2 cm³/mol. The summed E-state index contributed by atoms with van der Waals surface area (Å²) in [6, 6.07) is 17.7. The van der Waals surface area contributed by atoms with Crippen LogP contribution in [0.25, 0.3) is 11.5 Å². The van der Waals surface area contributed by atoms with E-state index < -0.39 is 0 Å². The topological polar surface area (TPSA) is 48.2 Å². The Balaban J connectivity index is 1.67. The van der Waals surface area contributed by atoms with Crippen molar-refractivity contribution in [2.24, 2.45) is 0 Å². The Hall–Kier alpha value is -2.62. The summed E-state index contributed by atoms with van der Waals surface area (Å²) in [6.07, 6.45) is 0. The smallest absolute Gasteiger partial charge is 0.257 e. The van der Waals surface area contributed by atoms with Crippen LogP contribution in [0.4, 0.5) is 0 Å². The van der Waals surface area contributed by atoms with Gasteiger partial charge in [-0.05, 0) is 36.8 Å². The molecule has 1 heterocycles. The van der Waals surface area contributed by atoms with Gasteiger partial charge in [-0.2, -0.15) is 4.98 Å². The van der Waals surface area contributed by atoms with Crippen molar-refractivity contribution in [2.45, 2.75) is 13.5 Å². The number of rotatable bonds is 4. The molecule has 100 valence electrons. The number of hydrogen-bond acceptors (Lipinski definition) is 4. The number of aryl methyl sites for hydroxylation is 1. The molecule has 0 spiro atoms. The quantitative estimate of drug-likeness (QED) is 0.723. The van der Waals surface area contributed by atoms with Crippen molar-refractivity contribution in [1.82, 2.24) is 10.1 Å². The van der Waals surface area contributed by atoms with E-state index in [0.717, 1.165) is 16.9 Å². The molecule has 3 aromatic rings. The molecule has 0 saturated heterocycles. The van der Waals surface area contributed by atoms with Crippen LogP contribution in [-0.2, 0) is 6.61 Å². The summed E-state index contributed by atoms with van der Waals surface area (Å²) in [5.41, 5.74) is 2.03. The second kappa shape index (κ2) is 5.57. The molecule has 2 aromatic carbocycles. The molecule has 0 saturated carbocycles.